The van der Waals surface area contributed by atoms with Crippen LogP contribution in [-0.2, 0) is 15.6 Å². The van der Waals surface area contributed by atoms with Gasteiger partial charge in [0.05, 0.1) is 10.4 Å². The highest BCUT2D eigenvalue weighted by Crippen LogP contribution is 2.36. The molecule has 0 aromatic heterocycles. The lowest BCUT2D eigenvalue weighted by atomic mass is 9.95. The first kappa shape index (κ1) is 15.8. The molecule has 5 nitrogen and oxygen atoms in total. The van der Waals surface area contributed by atoms with E-state index < -0.39 is 21.4 Å². The number of rotatable bonds is 4. The van der Waals surface area contributed by atoms with Crippen LogP contribution in [0.25, 0.3) is 0 Å². The topological polar surface area (TPSA) is 64.6 Å². The molecule has 1 heterocycles. The number of ether oxygens (including phenoxy) is 2. The zero-order valence-electron chi connectivity index (χ0n) is 12.7. The standard InChI is InChI=1S/C16H16FNO4S/c1-16(2,11-6-7-14-15(8-11)22-10-21-14)18-23(19,20)13-5-3-4-12(17)9-13/h3-9,18H,10H2,1-2H3. The molecule has 1 N–H and O–H groups in total. The number of hydrogen-bond acceptors (Lipinski definition) is 4. The second kappa shape index (κ2) is 5.50. The van der Waals surface area contributed by atoms with Gasteiger partial charge in [-0.2, -0.15) is 0 Å². The summed E-state index contributed by atoms with van der Waals surface area (Å²) in [5.74, 6) is 0.590. The molecule has 1 aliphatic heterocycles. The third-order valence-corrected chi connectivity index (χ3v) is 5.24. The summed E-state index contributed by atoms with van der Waals surface area (Å²) in [6.45, 7) is 3.59. The Morgan fingerprint density at radius 3 is 2.57 bits per heavy atom. The van der Waals surface area contributed by atoms with Crippen LogP contribution in [0.3, 0.4) is 0 Å². The van der Waals surface area contributed by atoms with Crippen LogP contribution >= 0.6 is 0 Å². The van der Waals surface area contributed by atoms with Gasteiger partial charge in [0.1, 0.15) is 5.82 Å². The zero-order chi connectivity index (χ0) is 16.7. The van der Waals surface area contributed by atoms with Crippen molar-refractivity contribution >= 4 is 10.0 Å². The molecule has 0 spiro atoms. The molecule has 122 valence electrons. The summed E-state index contributed by atoms with van der Waals surface area (Å²) >= 11 is 0. The lowest BCUT2D eigenvalue weighted by molar-refractivity contribution is 0.174. The van der Waals surface area contributed by atoms with Crippen LogP contribution in [0.4, 0.5) is 4.39 Å². The van der Waals surface area contributed by atoms with Crippen molar-refractivity contribution in [2.24, 2.45) is 0 Å². The fraction of sp³-hybridized carbons (Fsp3) is 0.250. The van der Waals surface area contributed by atoms with Crippen molar-refractivity contribution in [3.8, 4) is 11.5 Å². The number of halogens is 1. The SMILES string of the molecule is CC(C)(NS(=O)(=O)c1cccc(F)c1)c1ccc2c(c1)OCO2. The maximum Gasteiger partial charge on any atom is 0.241 e. The Morgan fingerprint density at radius 2 is 1.83 bits per heavy atom. The summed E-state index contributed by atoms with van der Waals surface area (Å²) < 4.78 is 51.4. The van der Waals surface area contributed by atoms with Crippen LogP contribution in [-0.4, -0.2) is 15.2 Å². The van der Waals surface area contributed by atoms with Crippen molar-refractivity contribution in [1.82, 2.24) is 4.72 Å². The van der Waals surface area contributed by atoms with Crippen molar-refractivity contribution in [2.45, 2.75) is 24.3 Å². The molecule has 7 heteroatoms. The Hall–Kier alpha value is -2.12. The largest absolute Gasteiger partial charge is 0.454 e. The highest BCUT2D eigenvalue weighted by Gasteiger charge is 2.29. The molecule has 0 bridgehead atoms. The van der Waals surface area contributed by atoms with Crippen molar-refractivity contribution < 1.29 is 22.3 Å². The van der Waals surface area contributed by atoms with Gasteiger partial charge in [0.15, 0.2) is 11.5 Å². The van der Waals surface area contributed by atoms with Crippen molar-refractivity contribution in [1.29, 1.82) is 0 Å². The minimum Gasteiger partial charge on any atom is -0.454 e. The van der Waals surface area contributed by atoms with E-state index in [0.29, 0.717) is 17.1 Å². The highest BCUT2D eigenvalue weighted by atomic mass is 32.2. The van der Waals surface area contributed by atoms with Gasteiger partial charge in [-0.3, -0.25) is 0 Å². The normalized spacial score (nSPS) is 14.0. The van der Waals surface area contributed by atoms with Gasteiger partial charge in [-0.1, -0.05) is 12.1 Å². The van der Waals surface area contributed by atoms with Gasteiger partial charge in [-0.05, 0) is 49.7 Å². The average molecular weight is 337 g/mol. The van der Waals surface area contributed by atoms with Gasteiger partial charge >= 0.3 is 0 Å². The number of fused-ring (bicyclic) bond motifs is 1. The molecule has 0 saturated heterocycles. The first-order valence-corrected chi connectivity index (χ1v) is 8.46. The average Bonchev–Trinajstić information content (AvgIpc) is 2.93. The zero-order valence-corrected chi connectivity index (χ0v) is 13.5. The lowest BCUT2D eigenvalue weighted by Crippen LogP contribution is -2.40. The van der Waals surface area contributed by atoms with Crippen LogP contribution in [0, 0.1) is 5.82 Å². The van der Waals surface area contributed by atoms with Gasteiger partial charge in [0, 0.05) is 0 Å². The van der Waals surface area contributed by atoms with Crippen LogP contribution < -0.4 is 14.2 Å². The quantitative estimate of drug-likeness (QED) is 0.932. The molecule has 0 radical (unpaired) electrons. The Balaban J connectivity index is 1.91. The van der Waals surface area contributed by atoms with E-state index in [1.165, 1.54) is 18.2 Å². The van der Waals surface area contributed by atoms with Crippen LogP contribution in [0.15, 0.2) is 47.4 Å². The number of benzene rings is 2. The monoisotopic (exact) mass is 337 g/mol. The van der Waals surface area contributed by atoms with Gasteiger partial charge in [-0.15, -0.1) is 0 Å². The number of nitrogens with one attached hydrogen (secondary N) is 1. The maximum atomic E-state index is 13.3. The van der Waals surface area contributed by atoms with E-state index in [2.05, 4.69) is 4.72 Å². The minimum atomic E-state index is -3.86. The van der Waals surface area contributed by atoms with Crippen LogP contribution in [0.1, 0.15) is 19.4 Å². The molecule has 0 unspecified atom stereocenters. The van der Waals surface area contributed by atoms with E-state index in [1.54, 1.807) is 32.0 Å². The third kappa shape index (κ3) is 3.16. The smallest absolute Gasteiger partial charge is 0.241 e. The molecule has 3 rings (SSSR count). The second-order valence-electron chi connectivity index (χ2n) is 5.76. The lowest BCUT2D eigenvalue weighted by Gasteiger charge is -2.26. The summed E-state index contributed by atoms with van der Waals surface area (Å²) in [6, 6.07) is 10.1. The Bertz CT molecular complexity index is 849. The predicted octanol–water partition coefficient (Wildman–Crippen LogP) is 2.77. The van der Waals surface area contributed by atoms with Gasteiger partial charge in [0.2, 0.25) is 16.8 Å². The Morgan fingerprint density at radius 1 is 1.09 bits per heavy atom. The first-order chi connectivity index (χ1) is 10.8. The van der Waals surface area contributed by atoms with Gasteiger partial charge in [-0.25, -0.2) is 17.5 Å². The summed E-state index contributed by atoms with van der Waals surface area (Å²) in [6.07, 6.45) is 0. The number of sulfonamides is 1. The minimum absolute atomic E-state index is 0.119. The summed E-state index contributed by atoms with van der Waals surface area (Å²) in [5, 5.41) is 0. The van der Waals surface area contributed by atoms with E-state index in [1.807, 2.05) is 0 Å². The molecule has 1 aliphatic rings. The van der Waals surface area contributed by atoms with E-state index in [0.717, 1.165) is 6.07 Å². The van der Waals surface area contributed by atoms with Crippen molar-refractivity contribution in [2.75, 3.05) is 6.79 Å². The highest BCUT2D eigenvalue weighted by molar-refractivity contribution is 7.89. The summed E-state index contributed by atoms with van der Waals surface area (Å²) in [5.41, 5.74) is -0.201. The fourth-order valence-corrected chi connectivity index (χ4v) is 3.81. The first-order valence-electron chi connectivity index (χ1n) is 6.98. The predicted molar refractivity (Wildman–Crippen MR) is 82.3 cm³/mol. The van der Waals surface area contributed by atoms with Gasteiger partial charge < -0.3 is 9.47 Å². The second-order valence-corrected chi connectivity index (χ2v) is 7.44. The Kier molecular flexibility index (Phi) is 3.77. The molecule has 0 atom stereocenters. The summed E-state index contributed by atoms with van der Waals surface area (Å²) in [7, 11) is -3.86. The molecule has 0 aliphatic carbocycles. The number of hydrogen-bond donors (Lipinski definition) is 1. The molecule has 23 heavy (non-hydrogen) atoms. The van der Waals surface area contributed by atoms with Crippen molar-refractivity contribution in [3.63, 3.8) is 0 Å². The Labute approximate surface area is 134 Å². The van der Waals surface area contributed by atoms with Crippen LogP contribution in [0.5, 0.6) is 11.5 Å². The van der Waals surface area contributed by atoms with E-state index >= 15 is 0 Å². The molecule has 0 saturated carbocycles. The molecular weight excluding hydrogens is 321 g/mol. The van der Waals surface area contributed by atoms with E-state index in [-0.39, 0.29) is 11.7 Å². The molecular formula is C16H16FNO4S. The van der Waals surface area contributed by atoms with Gasteiger partial charge in [0.25, 0.3) is 0 Å². The van der Waals surface area contributed by atoms with Crippen LogP contribution in [0.2, 0.25) is 0 Å². The molecule has 2 aromatic rings. The maximum absolute atomic E-state index is 13.3. The molecule has 0 amide bonds. The van der Waals surface area contributed by atoms with E-state index in [4.69, 9.17) is 9.47 Å². The van der Waals surface area contributed by atoms with E-state index in [9.17, 15) is 12.8 Å². The molecule has 2 aromatic carbocycles. The fourth-order valence-electron chi connectivity index (χ4n) is 2.37. The third-order valence-electron chi connectivity index (χ3n) is 3.59. The van der Waals surface area contributed by atoms with Crippen molar-refractivity contribution in [3.05, 3.63) is 53.8 Å². The molecule has 0 fully saturated rings. The summed E-state index contributed by atoms with van der Waals surface area (Å²) in [4.78, 5) is -0.119.